The number of hydrogen-bond acceptors (Lipinski definition) is 7. The van der Waals surface area contributed by atoms with Crippen LogP contribution in [-0.4, -0.2) is 62.4 Å². The van der Waals surface area contributed by atoms with E-state index in [1.165, 1.54) is 29.2 Å². The molecule has 0 aromatic heterocycles. The largest absolute Gasteiger partial charge is 1.00 e. The summed E-state index contributed by atoms with van der Waals surface area (Å²) in [5.41, 5.74) is 6.86. The minimum Gasteiger partial charge on any atom is -0.744 e. The van der Waals surface area contributed by atoms with Gasteiger partial charge in [0.05, 0.1) is 4.90 Å². The Hall–Kier alpha value is -3.81. The average molecular weight is 762 g/mol. The Morgan fingerprint density at radius 3 is 2.02 bits per heavy atom. The number of benzene rings is 4. The molecule has 5 rings (SSSR count). The van der Waals surface area contributed by atoms with Crippen LogP contribution < -0.4 is 39.4 Å². The molecule has 0 fully saturated rings. The van der Waals surface area contributed by atoms with Crippen molar-refractivity contribution in [3.8, 4) is 0 Å². The number of nitrogens with zero attached hydrogens (tertiary/aromatic N) is 3. The monoisotopic (exact) mass is 761 g/mol. The molecule has 1 N–H and O–H groups in total. The molecule has 272 valence electrons. The van der Waals surface area contributed by atoms with Crippen LogP contribution in [-0.2, 0) is 26.8 Å². The van der Waals surface area contributed by atoms with E-state index in [2.05, 4.69) is 91.8 Å². The maximum absolute atomic E-state index is 13.2. The summed E-state index contributed by atoms with van der Waals surface area (Å²) in [6.07, 6.45) is 8.36. The van der Waals surface area contributed by atoms with Crippen LogP contribution in [0.1, 0.15) is 55.3 Å². The van der Waals surface area contributed by atoms with Crippen LogP contribution >= 0.6 is 0 Å². The second-order valence-electron chi connectivity index (χ2n) is 12.3. The van der Waals surface area contributed by atoms with E-state index in [1.807, 2.05) is 18.2 Å². The summed E-state index contributed by atoms with van der Waals surface area (Å²) in [6, 6.07) is 30.4. The van der Waals surface area contributed by atoms with E-state index in [4.69, 9.17) is 0 Å². The predicted octanol–water partition coefficient (Wildman–Crippen LogP) is 4.26. The first kappa shape index (κ1) is 41.9. The molecule has 0 aliphatic heterocycles. The van der Waals surface area contributed by atoms with Crippen molar-refractivity contribution in [2.24, 2.45) is 0 Å². The molecule has 0 bridgehead atoms. The van der Waals surface area contributed by atoms with Gasteiger partial charge in [0.2, 0.25) is 0 Å². The van der Waals surface area contributed by atoms with Crippen LogP contribution in [0.25, 0.3) is 5.57 Å². The molecule has 1 aliphatic rings. The van der Waals surface area contributed by atoms with E-state index in [-0.39, 0.29) is 41.7 Å². The number of anilines is 2. The van der Waals surface area contributed by atoms with Crippen molar-refractivity contribution >= 4 is 42.9 Å². The molecule has 0 heterocycles. The summed E-state index contributed by atoms with van der Waals surface area (Å²) in [5.74, 6) is 0. The molecule has 0 saturated heterocycles. The van der Waals surface area contributed by atoms with E-state index in [0.717, 1.165) is 59.9 Å². The van der Waals surface area contributed by atoms with Crippen LogP contribution in [0.4, 0.5) is 11.4 Å². The average Bonchev–Trinajstić information content (AvgIpc) is 3.13. The smallest absolute Gasteiger partial charge is 0.744 e. The molecule has 12 heteroatoms. The molecule has 9 nitrogen and oxygen atoms in total. The molecule has 4 aromatic carbocycles. The van der Waals surface area contributed by atoms with Gasteiger partial charge >= 0.3 is 29.6 Å². The molecule has 0 saturated carbocycles. The van der Waals surface area contributed by atoms with Gasteiger partial charge < -0.3 is 14.4 Å². The van der Waals surface area contributed by atoms with Gasteiger partial charge in [-0.2, -0.15) is 38.7 Å². The molecular weight excluding hydrogens is 718 g/mol. The van der Waals surface area contributed by atoms with Gasteiger partial charge in [-0.15, -0.1) is 5.56 Å². The van der Waals surface area contributed by atoms with Crippen molar-refractivity contribution in [3.63, 3.8) is 0 Å². The zero-order chi connectivity index (χ0) is 37.5. The number of allylic oxidation sites excluding steroid dienone is 5. The van der Waals surface area contributed by atoms with E-state index < -0.39 is 30.5 Å². The first-order chi connectivity index (χ1) is 24.9. The Labute approximate surface area is 336 Å². The number of hydrogen-bond donors (Lipinski definition) is 1. The Bertz CT molecular complexity index is 2210. The van der Waals surface area contributed by atoms with Crippen molar-refractivity contribution in [2.45, 2.75) is 44.5 Å². The van der Waals surface area contributed by atoms with Gasteiger partial charge in [-0.1, -0.05) is 36.4 Å². The molecule has 4 aromatic rings. The summed E-state index contributed by atoms with van der Waals surface area (Å²) < 4.78 is 75.2. The summed E-state index contributed by atoms with van der Waals surface area (Å²) in [5, 5.41) is -1.59. The van der Waals surface area contributed by atoms with Gasteiger partial charge in [0.1, 0.15) is 28.6 Å². The van der Waals surface area contributed by atoms with Crippen LogP contribution in [0.2, 0.25) is 0 Å². The maximum atomic E-state index is 13.2. The zero-order valence-corrected chi connectivity index (χ0v) is 34.4. The molecule has 0 spiro atoms. The van der Waals surface area contributed by atoms with E-state index in [0.29, 0.717) is 11.3 Å². The fraction of sp³-hybridized carbons (Fsp3) is 0.244. The minimum absolute atomic E-state index is 0. The van der Waals surface area contributed by atoms with E-state index in [9.17, 15) is 25.9 Å². The van der Waals surface area contributed by atoms with Gasteiger partial charge in [-0.05, 0) is 104 Å². The van der Waals surface area contributed by atoms with Crippen LogP contribution in [0.15, 0.2) is 132 Å². The molecule has 53 heavy (non-hydrogen) atoms. The first-order valence-electron chi connectivity index (χ1n) is 17.3. The second kappa shape index (κ2) is 18.5. The van der Waals surface area contributed by atoms with Gasteiger partial charge in [-0.3, -0.25) is 4.55 Å². The molecule has 1 aliphatic carbocycles. The van der Waals surface area contributed by atoms with Gasteiger partial charge in [0, 0.05) is 43.2 Å². The van der Waals surface area contributed by atoms with Gasteiger partial charge in [0.15, 0.2) is 5.71 Å². The van der Waals surface area contributed by atoms with Crippen LogP contribution in [0.3, 0.4) is 0 Å². The summed E-state index contributed by atoms with van der Waals surface area (Å²) in [7, 11) is -9.57. The van der Waals surface area contributed by atoms with Crippen LogP contribution in [0.5, 0.6) is 0 Å². The summed E-state index contributed by atoms with van der Waals surface area (Å²) in [6.45, 7) is 11.8. The molecule has 0 amide bonds. The topological polar surface area (TPSA) is 121 Å². The minimum atomic E-state index is -4.79. The maximum Gasteiger partial charge on any atom is 1.00 e. The van der Waals surface area contributed by atoms with Crippen LogP contribution in [0, 0.1) is 6.07 Å². The van der Waals surface area contributed by atoms with Gasteiger partial charge in [0.25, 0.3) is 10.1 Å². The standard InChI is InChI=1S/C41H45N3O6S2.Na/c1-5-42(6-2)36-24-20-32(21-25-36)40(33-22-26-37(27-23-33)43(7-3)8-4)35-17-13-18-38(29-35)44(30-31-14-12-19-39(28-31)51(45,46)47)41(52(48,49)50)34-15-10-9-11-16-34;/h9-10,12-29,41H,5-8,30H2,1-4H3,(H,45,46,47)(H,48,49,50);/q;+1/p-1. The fourth-order valence-electron chi connectivity index (χ4n) is 6.57. The summed E-state index contributed by atoms with van der Waals surface area (Å²) >= 11 is 0. The third kappa shape index (κ3) is 10.2. The Morgan fingerprint density at radius 2 is 1.45 bits per heavy atom. The second-order valence-corrected chi connectivity index (χ2v) is 15.2. The zero-order valence-electron chi connectivity index (χ0n) is 30.8. The van der Waals surface area contributed by atoms with Crippen molar-refractivity contribution in [2.75, 3.05) is 36.0 Å². The quantitative estimate of drug-likeness (QED) is 0.0877. The van der Waals surface area contributed by atoms with Crippen molar-refractivity contribution in [1.29, 1.82) is 0 Å². The predicted molar refractivity (Wildman–Crippen MR) is 207 cm³/mol. The number of rotatable bonds is 14. The molecular formula is C41H44N3NaO6S2. The Morgan fingerprint density at radius 1 is 0.792 bits per heavy atom. The van der Waals surface area contributed by atoms with Crippen molar-refractivity contribution in [1.82, 2.24) is 0 Å². The Balaban J connectivity index is 0.00000627. The third-order valence-electron chi connectivity index (χ3n) is 9.16. The van der Waals surface area contributed by atoms with Crippen molar-refractivity contribution < 1.29 is 60.1 Å². The fourth-order valence-corrected chi connectivity index (χ4v) is 8.12. The third-order valence-corrected chi connectivity index (χ3v) is 11.1. The molecule has 0 radical (unpaired) electrons. The molecule has 1 atom stereocenters. The SMILES string of the molecule is CCN(CC)c1ccc(C(=C2C=CC(=[N+](CC)CC)C=C2)c2cccc(N(Cc3cccc(S(=O)(=O)[O-])c3)C(c3c[c-]ccc3)S(=O)(=O)O)c2)cc1.[Na+]. The van der Waals surface area contributed by atoms with Crippen molar-refractivity contribution in [3.05, 3.63) is 155 Å². The van der Waals surface area contributed by atoms with E-state index >= 15 is 0 Å². The first-order valence-corrected chi connectivity index (χ1v) is 20.2. The summed E-state index contributed by atoms with van der Waals surface area (Å²) in [4.78, 5) is 3.32. The Kier molecular flexibility index (Phi) is 14.6. The van der Waals surface area contributed by atoms with E-state index in [1.54, 1.807) is 30.3 Å². The van der Waals surface area contributed by atoms with Gasteiger partial charge in [-0.25, -0.2) is 13.0 Å². The molecule has 1 unspecified atom stereocenters. The normalized spacial score (nSPS) is 13.3.